The van der Waals surface area contributed by atoms with Crippen LogP contribution in [0.2, 0.25) is 0 Å². The Hall–Kier alpha value is -0.502. The van der Waals surface area contributed by atoms with Crippen molar-refractivity contribution in [2.24, 2.45) is 0 Å². The molecule has 2 rings (SSSR count). The molecule has 1 heterocycles. The van der Waals surface area contributed by atoms with Crippen LogP contribution in [0.1, 0.15) is 25.0 Å². The number of rotatable bonds is 2. The number of aliphatic hydroxyl groups is 2. The third-order valence-corrected chi connectivity index (χ3v) is 2.02. The van der Waals surface area contributed by atoms with Crippen molar-refractivity contribution in [2.75, 3.05) is 13.2 Å². The molecular weight excluding hydrogens is 385 g/mol. The topological polar surface area (TPSA) is 53.4 Å². The molecule has 0 atom stereocenters. The Morgan fingerprint density at radius 2 is 2.00 bits per heavy atom. The van der Waals surface area contributed by atoms with E-state index in [0.717, 1.165) is 18.5 Å². The van der Waals surface area contributed by atoms with Crippen LogP contribution in [0.5, 0.6) is 0 Å². The SMILES string of the molecule is OCCO.[C-]1=C(c2ccccn2)CCC1.[Pt]. The molecule has 0 bridgehead atoms. The summed E-state index contributed by atoms with van der Waals surface area (Å²) in [5, 5.41) is 15.2. The maximum atomic E-state index is 7.62. The summed E-state index contributed by atoms with van der Waals surface area (Å²) in [6.45, 7) is -0.250. The Bertz CT molecular complexity index is 299. The normalized spacial score (nSPS) is 13.2. The minimum absolute atomic E-state index is 0. The number of aromatic nitrogens is 1. The van der Waals surface area contributed by atoms with Crippen LogP contribution in [-0.4, -0.2) is 28.4 Å². The van der Waals surface area contributed by atoms with Crippen molar-refractivity contribution < 1.29 is 31.3 Å². The Morgan fingerprint density at radius 1 is 1.25 bits per heavy atom. The molecule has 92 valence electrons. The predicted octanol–water partition coefficient (Wildman–Crippen LogP) is 1.42. The predicted molar refractivity (Wildman–Crippen MR) is 58.9 cm³/mol. The summed E-state index contributed by atoms with van der Waals surface area (Å²) in [7, 11) is 0. The molecule has 1 aliphatic rings. The molecule has 1 aliphatic carbocycles. The first kappa shape index (κ1) is 15.5. The van der Waals surface area contributed by atoms with Crippen molar-refractivity contribution >= 4 is 5.57 Å². The molecule has 1 aromatic rings. The van der Waals surface area contributed by atoms with Gasteiger partial charge < -0.3 is 15.2 Å². The number of pyridine rings is 1. The van der Waals surface area contributed by atoms with E-state index >= 15 is 0 Å². The second kappa shape index (κ2) is 9.71. The van der Waals surface area contributed by atoms with Crippen LogP contribution in [0.4, 0.5) is 0 Å². The summed E-state index contributed by atoms with van der Waals surface area (Å²) in [6, 6.07) is 6.02. The summed E-state index contributed by atoms with van der Waals surface area (Å²) in [4.78, 5) is 4.26. The van der Waals surface area contributed by atoms with Crippen LogP contribution in [0.3, 0.4) is 0 Å². The third-order valence-electron chi connectivity index (χ3n) is 2.02. The van der Waals surface area contributed by atoms with E-state index < -0.39 is 0 Å². The van der Waals surface area contributed by atoms with Crippen molar-refractivity contribution in [3.63, 3.8) is 0 Å². The Morgan fingerprint density at radius 3 is 2.44 bits per heavy atom. The van der Waals surface area contributed by atoms with Crippen LogP contribution in [0.15, 0.2) is 24.4 Å². The molecule has 0 spiro atoms. The summed E-state index contributed by atoms with van der Waals surface area (Å²) < 4.78 is 0. The average Bonchev–Trinajstić information content (AvgIpc) is 2.84. The zero-order valence-corrected chi connectivity index (χ0v) is 11.3. The van der Waals surface area contributed by atoms with Gasteiger partial charge in [-0.15, -0.1) is 12.5 Å². The van der Waals surface area contributed by atoms with Gasteiger partial charge in [0, 0.05) is 27.3 Å². The van der Waals surface area contributed by atoms with Crippen molar-refractivity contribution in [3.8, 4) is 0 Å². The van der Waals surface area contributed by atoms with Crippen LogP contribution < -0.4 is 0 Å². The zero-order valence-electron chi connectivity index (χ0n) is 9.00. The van der Waals surface area contributed by atoms with E-state index in [1.807, 2.05) is 24.4 Å². The molecule has 0 radical (unpaired) electrons. The molecule has 4 heteroatoms. The van der Waals surface area contributed by atoms with Crippen LogP contribution >= 0.6 is 0 Å². The zero-order chi connectivity index (χ0) is 10.9. The standard InChI is InChI=1S/C10H10N.C2H6O2.Pt/c1-2-6-9(5-1)10-7-3-4-8-11-10;3-1-2-4;/h3-4,7-8H,1-2,5H2;3-4H,1-2H2;/q-1;;. The van der Waals surface area contributed by atoms with Gasteiger partial charge in [-0.25, -0.2) is 0 Å². The summed E-state index contributed by atoms with van der Waals surface area (Å²) >= 11 is 0. The van der Waals surface area contributed by atoms with Gasteiger partial charge in [0.05, 0.1) is 13.2 Å². The van der Waals surface area contributed by atoms with E-state index in [1.165, 1.54) is 12.0 Å². The number of allylic oxidation sites excluding steroid dienone is 2. The molecule has 0 amide bonds. The monoisotopic (exact) mass is 401 g/mol. The van der Waals surface area contributed by atoms with E-state index in [1.54, 1.807) is 0 Å². The fourth-order valence-corrected chi connectivity index (χ4v) is 1.35. The quantitative estimate of drug-likeness (QED) is 0.738. The van der Waals surface area contributed by atoms with Crippen molar-refractivity contribution in [1.82, 2.24) is 4.98 Å². The smallest absolute Gasteiger partial charge is 0.0662 e. The van der Waals surface area contributed by atoms with E-state index in [9.17, 15) is 0 Å². The number of nitrogens with zero attached hydrogens (tertiary/aromatic N) is 1. The number of aliphatic hydroxyl groups excluding tert-OH is 2. The third kappa shape index (κ3) is 5.55. The molecular formula is C12H16NO2Pt-. The first-order valence-corrected chi connectivity index (χ1v) is 5.11. The van der Waals surface area contributed by atoms with E-state index in [0.29, 0.717) is 0 Å². The van der Waals surface area contributed by atoms with Crippen LogP contribution in [0, 0.1) is 6.08 Å². The molecule has 0 fully saturated rings. The molecule has 0 aliphatic heterocycles. The maximum absolute atomic E-state index is 7.62. The summed E-state index contributed by atoms with van der Waals surface area (Å²) in [6.07, 6.45) is 8.66. The molecule has 2 N–H and O–H groups in total. The van der Waals surface area contributed by atoms with Gasteiger partial charge in [-0.2, -0.15) is 5.57 Å². The molecule has 0 saturated heterocycles. The molecule has 0 saturated carbocycles. The molecule has 16 heavy (non-hydrogen) atoms. The van der Waals surface area contributed by atoms with Crippen molar-refractivity contribution in [3.05, 3.63) is 36.2 Å². The molecule has 1 aromatic heterocycles. The minimum Gasteiger partial charge on any atom is -0.394 e. The number of hydrogen-bond donors (Lipinski definition) is 2. The van der Waals surface area contributed by atoms with Crippen molar-refractivity contribution in [2.45, 2.75) is 19.3 Å². The number of hydrogen-bond acceptors (Lipinski definition) is 3. The second-order valence-electron chi connectivity index (χ2n) is 3.17. The fraction of sp³-hybridized carbons (Fsp3) is 0.417. The Labute approximate surface area is 110 Å². The minimum atomic E-state index is -0.125. The van der Waals surface area contributed by atoms with Gasteiger partial charge in [-0.1, -0.05) is 24.6 Å². The van der Waals surface area contributed by atoms with Gasteiger partial charge in [0.1, 0.15) is 0 Å². The van der Waals surface area contributed by atoms with Gasteiger partial charge in [0.25, 0.3) is 0 Å². The van der Waals surface area contributed by atoms with Crippen LogP contribution in [0.25, 0.3) is 5.57 Å². The van der Waals surface area contributed by atoms with Crippen LogP contribution in [-0.2, 0) is 21.1 Å². The van der Waals surface area contributed by atoms with Gasteiger partial charge in [-0.05, 0) is 6.07 Å². The summed E-state index contributed by atoms with van der Waals surface area (Å²) in [5.74, 6) is 0. The van der Waals surface area contributed by atoms with E-state index in [4.69, 9.17) is 10.2 Å². The molecule has 0 aromatic carbocycles. The van der Waals surface area contributed by atoms with Gasteiger partial charge in [0.15, 0.2) is 0 Å². The Kier molecular flexibility index (Phi) is 9.40. The second-order valence-corrected chi connectivity index (χ2v) is 3.17. The first-order chi connectivity index (χ1) is 7.38. The van der Waals surface area contributed by atoms with E-state index in [-0.39, 0.29) is 34.3 Å². The largest absolute Gasteiger partial charge is 0.394 e. The fourth-order valence-electron chi connectivity index (χ4n) is 1.35. The van der Waals surface area contributed by atoms with Gasteiger partial charge >= 0.3 is 0 Å². The molecule has 3 nitrogen and oxygen atoms in total. The average molecular weight is 401 g/mol. The van der Waals surface area contributed by atoms with E-state index in [2.05, 4.69) is 11.1 Å². The van der Waals surface area contributed by atoms with Gasteiger partial charge in [-0.3, -0.25) is 6.08 Å². The summed E-state index contributed by atoms with van der Waals surface area (Å²) in [5.41, 5.74) is 2.40. The van der Waals surface area contributed by atoms with Crippen molar-refractivity contribution in [1.29, 1.82) is 0 Å². The Balaban J connectivity index is 0.000000397. The maximum Gasteiger partial charge on any atom is 0.0662 e. The molecule has 0 unspecified atom stereocenters. The first-order valence-electron chi connectivity index (χ1n) is 5.11. The van der Waals surface area contributed by atoms with Gasteiger partial charge in [0.2, 0.25) is 0 Å².